The minimum Gasteiger partial charge on any atom is -0.349 e. The van der Waals surface area contributed by atoms with Crippen molar-refractivity contribution in [3.05, 3.63) is 65.2 Å². The molecule has 7 heteroatoms. The van der Waals surface area contributed by atoms with Crippen molar-refractivity contribution in [1.29, 1.82) is 0 Å². The van der Waals surface area contributed by atoms with E-state index < -0.39 is 10.0 Å². The third kappa shape index (κ3) is 6.22. The highest BCUT2D eigenvalue weighted by Gasteiger charge is 2.26. The quantitative estimate of drug-likeness (QED) is 0.695. The van der Waals surface area contributed by atoms with E-state index >= 15 is 0 Å². The number of rotatable bonds is 6. The fourth-order valence-electron chi connectivity index (χ4n) is 4.80. The number of piperidine rings is 1. The van der Waals surface area contributed by atoms with Gasteiger partial charge in [-0.25, -0.2) is 8.42 Å². The van der Waals surface area contributed by atoms with Gasteiger partial charge in [0, 0.05) is 44.3 Å². The Morgan fingerprint density at radius 2 is 1.64 bits per heavy atom. The molecule has 1 amide bonds. The van der Waals surface area contributed by atoms with Gasteiger partial charge in [-0.15, -0.1) is 0 Å². The second-order valence-electron chi connectivity index (χ2n) is 9.36. The first-order chi connectivity index (χ1) is 15.9. The monoisotopic (exact) mass is 469 g/mol. The van der Waals surface area contributed by atoms with Crippen molar-refractivity contribution in [3.8, 4) is 0 Å². The number of hydrogen-bond acceptors (Lipinski definition) is 4. The highest BCUT2D eigenvalue weighted by Crippen LogP contribution is 2.22. The van der Waals surface area contributed by atoms with Crippen LogP contribution in [-0.4, -0.2) is 55.8 Å². The zero-order chi connectivity index (χ0) is 23.3. The van der Waals surface area contributed by atoms with Gasteiger partial charge in [-0.1, -0.05) is 48.7 Å². The third-order valence-electron chi connectivity index (χ3n) is 6.71. The lowest BCUT2D eigenvalue weighted by Crippen LogP contribution is -2.44. The van der Waals surface area contributed by atoms with Crippen LogP contribution in [0.4, 0.5) is 0 Å². The fourth-order valence-corrected chi connectivity index (χ4v) is 6.37. The molecule has 0 radical (unpaired) electrons. The number of benzene rings is 2. The van der Waals surface area contributed by atoms with E-state index in [1.807, 2.05) is 0 Å². The number of hydrogen-bond donors (Lipinski definition) is 1. The third-order valence-corrected chi connectivity index (χ3v) is 8.61. The van der Waals surface area contributed by atoms with Crippen molar-refractivity contribution < 1.29 is 13.2 Å². The maximum atomic E-state index is 13.1. The van der Waals surface area contributed by atoms with E-state index in [4.69, 9.17) is 0 Å². The molecule has 2 saturated heterocycles. The molecule has 1 N–H and O–H groups in total. The van der Waals surface area contributed by atoms with Crippen LogP contribution in [0.25, 0.3) is 0 Å². The molecule has 2 heterocycles. The number of amides is 1. The van der Waals surface area contributed by atoms with Crippen LogP contribution in [-0.2, 0) is 16.6 Å². The number of aryl methyl sites for hydroxylation is 1. The van der Waals surface area contributed by atoms with Crippen LogP contribution < -0.4 is 5.32 Å². The van der Waals surface area contributed by atoms with E-state index in [-0.39, 0.29) is 16.8 Å². The number of nitrogens with one attached hydrogen (secondary N) is 1. The topological polar surface area (TPSA) is 69.7 Å². The molecule has 2 aliphatic rings. The zero-order valence-corrected chi connectivity index (χ0v) is 20.3. The molecule has 0 aromatic heterocycles. The molecule has 178 valence electrons. The Morgan fingerprint density at radius 1 is 0.939 bits per heavy atom. The lowest BCUT2D eigenvalue weighted by atomic mass is 10.0. The van der Waals surface area contributed by atoms with Gasteiger partial charge in [0.05, 0.1) is 4.90 Å². The van der Waals surface area contributed by atoms with Crippen molar-refractivity contribution in [3.63, 3.8) is 0 Å². The molecule has 6 nitrogen and oxygen atoms in total. The van der Waals surface area contributed by atoms with E-state index in [1.54, 1.807) is 22.5 Å². The first kappa shape index (κ1) is 23.9. The summed E-state index contributed by atoms with van der Waals surface area (Å²) in [4.78, 5) is 15.5. The van der Waals surface area contributed by atoms with E-state index in [0.29, 0.717) is 18.7 Å². The lowest BCUT2D eigenvalue weighted by molar-refractivity contribution is 0.0908. The molecule has 0 bridgehead atoms. The van der Waals surface area contributed by atoms with E-state index in [2.05, 4.69) is 41.4 Å². The number of carbonyl (C=O) groups excluding carboxylic acids is 1. The largest absolute Gasteiger partial charge is 0.349 e. The molecule has 0 atom stereocenters. The number of nitrogens with zero attached hydrogens (tertiary/aromatic N) is 2. The SMILES string of the molecule is Cc1cccc(CN2CCC(NC(=O)c3cccc(S(=O)(=O)N4CCCCCC4)c3)CC2)c1. The van der Waals surface area contributed by atoms with Crippen LogP contribution in [0.5, 0.6) is 0 Å². The molecule has 33 heavy (non-hydrogen) atoms. The lowest BCUT2D eigenvalue weighted by Gasteiger charge is -2.32. The summed E-state index contributed by atoms with van der Waals surface area (Å²) in [5, 5.41) is 3.12. The molecule has 0 spiro atoms. The number of carbonyl (C=O) groups is 1. The van der Waals surface area contributed by atoms with Gasteiger partial charge < -0.3 is 5.32 Å². The molecule has 2 aromatic carbocycles. The highest BCUT2D eigenvalue weighted by atomic mass is 32.2. The standard InChI is InChI=1S/C26H35N3O3S/c1-21-8-6-9-22(18-21)20-28-16-12-24(13-17-28)27-26(30)23-10-7-11-25(19-23)33(31,32)29-14-4-2-3-5-15-29/h6-11,18-19,24H,2-5,12-17,20H2,1H3,(H,27,30). The van der Waals surface area contributed by atoms with Crippen molar-refractivity contribution in [2.24, 2.45) is 0 Å². The summed E-state index contributed by atoms with van der Waals surface area (Å²) in [6, 6.07) is 15.2. The molecule has 2 aliphatic heterocycles. The van der Waals surface area contributed by atoms with Crippen molar-refractivity contribution in [2.75, 3.05) is 26.2 Å². The Labute approximate surface area is 198 Å². The zero-order valence-electron chi connectivity index (χ0n) is 19.5. The summed E-state index contributed by atoms with van der Waals surface area (Å²) in [6.07, 6.45) is 5.70. The predicted octanol–water partition coefficient (Wildman–Crippen LogP) is 3.95. The average Bonchev–Trinajstić information content (AvgIpc) is 3.11. The first-order valence-electron chi connectivity index (χ1n) is 12.1. The van der Waals surface area contributed by atoms with Crippen LogP contribution in [0.1, 0.15) is 60.0 Å². The molecule has 0 unspecified atom stereocenters. The molecule has 0 saturated carbocycles. The van der Waals surface area contributed by atoms with Gasteiger partial charge >= 0.3 is 0 Å². The van der Waals surface area contributed by atoms with Gasteiger partial charge in [-0.2, -0.15) is 4.31 Å². The summed E-state index contributed by atoms with van der Waals surface area (Å²) in [5.41, 5.74) is 3.00. The summed E-state index contributed by atoms with van der Waals surface area (Å²) < 4.78 is 27.8. The van der Waals surface area contributed by atoms with Crippen molar-refractivity contribution in [2.45, 2.75) is 62.9 Å². The summed E-state index contributed by atoms with van der Waals surface area (Å²) in [7, 11) is -3.57. The predicted molar refractivity (Wildman–Crippen MR) is 131 cm³/mol. The van der Waals surface area contributed by atoms with Crippen LogP contribution in [0.3, 0.4) is 0 Å². The smallest absolute Gasteiger partial charge is 0.251 e. The second-order valence-corrected chi connectivity index (χ2v) is 11.3. The highest BCUT2D eigenvalue weighted by molar-refractivity contribution is 7.89. The summed E-state index contributed by atoms with van der Waals surface area (Å²) in [5.74, 6) is -0.194. The minimum atomic E-state index is -3.57. The van der Waals surface area contributed by atoms with Gasteiger partial charge in [0.25, 0.3) is 5.91 Å². The van der Waals surface area contributed by atoms with Crippen LogP contribution in [0.15, 0.2) is 53.4 Å². The summed E-state index contributed by atoms with van der Waals surface area (Å²) in [6.45, 7) is 6.02. The summed E-state index contributed by atoms with van der Waals surface area (Å²) >= 11 is 0. The fraction of sp³-hybridized carbons (Fsp3) is 0.500. The Kier molecular flexibility index (Phi) is 7.83. The van der Waals surface area contributed by atoms with Crippen LogP contribution in [0.2, 0.25) is 0 Å². The average molecular weight is 470 g/mol. The Hall–Kier alpha value is -2.22. The molecule has 4 rings (SSSR count). The second kappa shape index (κ2) is 10.8. The normalized spacial score (nSPS) is 19.2. The molecular formula is C26H35N3O3S. The van der Waals surface area contributed by atoms with Gasteiger partial charge in [0.2, 0.25) is 10.0 Å². The van der Waals surface area contributed by atoms with Gasteiger partial charge in [-0.3, -0.25) is 9.69 Å². The number of likely N-dealkylation sites (tertiary alicyclic amines) is 1. The van der Waals surface area contributed by atoms with Gasteiger partial charge in [0.15, 0.2) is 0 Å². The Morgan fingerprint density at radius 3 is 2.33 bits per heavy atom. The van der Waals surface area contributed by atoms with Crippen LogP contribution >= 0.6 is 0 Å². The first-order valence-corrected chi connectivity index (χ1v) is 13.5. The maximum absolute atomic E-state index is 13.1. The van der Waals surface area contributed by atoms with Crippen LogP contribution in [0, 0.1) is 6.92 Å². The van der Waals surface area contributed by atoms with E-state index in [1.165, 1.54) is 17.2 Å². The number of sulfonamides is 1. The Bertz CT molecular complexity index is 1050. The maximum Gasteiger partial charge on any atom is 0.251 e. The van der Waals surface area contributed by atoms with E-state index in [9.17, 15) is 13.2 Å². The van der Waals surface area contributed by atoms with E-state index in [0.717, 1.165) is 58.2 Å². The molecular weight excluding hydrogens is 434 g/mol. The minimum absolute atomic E-state index is 0.108. The van der Waals surface area contributed by atoms with Gasteiger partial charge in [0.1, 0.15) is 0 Å². The molecule has 2 aromatic rings. The van der Waals surface area contributed by atoms with Crippen molar-refractivity contribution >= 4 is 15.9 Å². The molecule has 0 aliphatic carbocycles. The van der Waals surface area contributed by atoms with Gasteiger partial charge in [-0.05, 0) is 56.4 Å². The Balaban J connectivity index is 1.33. The molecule has 2 fully saturated rings. The van der Waals surface area contributed by atoms with Crippen molar-refractivity contribution in [1.82, 2.24) is 14.5 Å².